The molecule has 0 N–H and O–H groups in total. The molecule has 0 spiro atoms. The molecule has 1 aromatic rings. The summed E-state index contributed by atoms with van der Waals surface area (Å²) in [4.78, 5) is 17.6. The maximum Gasteiger partial charge on any atom is 0.262 e. The van der Waals surface area contributed by atoms with E-state index in [0.717, 1.165) is 11.3 Å². The lowest BCUT2D eigenvalue weighted by Gasteiger charge is -2.24. The zero-order chi connectivity index (χ0) is 18.0. The molecule has 0 bridgehead atoms. The molecular weight excluding hydrogens is 362 g/mol. The number of fused-ring (bicyclic) bond motifs is 1. The number of benzene rings is 1. The van der Waals surface area contributed by atoms with Crippen LogP contribution >= 0.6 is 11.8 Å². The molecule has 0 unspecified atom stereocenters. The topological polar surface area (TPSA) is 99.8 Å². The molecule has 0 aromatic heterocycles. The van der Waals surface area contributed by atoms with Gasteiger partial charge in [0.1, 0.15) is 12.2 Å². The van der Waals surface area contributed by atoms with Crippen LogP contribution in [0.15, 0.2) is 29.3 Å². The number of methoxy groups -OCH3 is 1. The first kappa shape index (κ1) is 17.8. The van der Waals surface area contributed by atoms with Crippen molar-refractivity contribution in [1.29, 1.82) is 5.26 Å². The van der Waals surface area contributed by atoms with Crippen molar-refractivity contribution in [1.82, 2.24) is 4.90 Å². The predicted octanol–water partition coefficient (Wildman–Crippen LogP) is 1.21. The van der Waals surface area contributed by atoms with Gasteiger partial charge in [-0.1, -0.05) is 23.9 Å². The van der Waals surface area contributed by atoms with Gasteiger partial charge in [0.2, 0.25) is 0 Å². The first-order valence-electron chi connectivity index (χ1n) is 7.67. The van der Waals surface area contributed by atoms with E-state index in [-0.39, 0.29) is 29.2 Å². The molecule has 0 saturated carbocycles. The molecule has 9 heteroatoms. The highest BCUT2D eigenvalue weighted by molar-refractivity contribution is 8.15. The Morgan fingerprint density at radius 1 is 1.40 bits per heavy atom. The van der Waals surface area contributed by atoms with Crippen molar-refractivity contribution in [3.8, 4) is 11.8 Å². The summed E-state index contributed by atoms with van der Waals surface area (Å²) >= 11 is 1.31. The molecule has 2 heterocycles. The number of rotatable bonds is 4. The standard InChI is InChI=1S/C16H17N3O4S2/c1-23-12-4-2-11(3-5-12)8-19-13-9-25(21,22)10-14(13)24-16(19)18-15(20)6-7-17/h2-5,13-14H,6,8-10H2,1H3/t13-,14-/m1/s1. The Hall–Kier alpha value is -2.05. The normalized spacial score (nSPS) is 25.6. The van der Waals surface area contributed by atoms with E-state index < -0.39 is 15.7 Å². The fourth-order valence-corrected chi connectivity index (χ4v) is 6.93. The highest BCUT2D eigenvalue weighted by Gasteiger charge is 2.48. The molecule has 0 radical (unpaired) electrons. The molecule has 2 aliphatic heterocycles. The Morgan fingerprint density at radius 2 is 2.12 bits per heavy atom. The second-order valence-corrected chi connectivity index (χ2v) is 9.26. The van der Waals surface area contributed by atoms with Crippen molar-refractivity contribution in [2.45, 2.75) is 24.3 Å². The van der Waals surface area contributed by atoms with Gasteiger partial charge >= 0.3 is 0 Å². The van der Waals surface area contributed by atoms with Gasteiger partial charge in [-0.3, -0.25) is 4.79 Å². The molecule has 1 aromatic carbocycles. The molecule has 3 rings (SSSR count). The first-order chi connectivity index (χ1) is 11.9. The van der Waals surface area contributed by atoms with Crippen LogP contribution in [-0.2, 0) is 21.2 Å². The number of amidine groups is 1. The van der Waals surface area contributed by atoms with Crippen LogP contribution in [0.25, 0.3) is 0 Å². The van der Waals surface area contributed by atoms with Gasteiger partial charge in [0.25, 0.3) is 5.91 Å². The number of nitriles is 1. The summed E-state index contributed by atoms with van der Waals surface area (Å²) in [7, 11) is -1.49. The second kappa shape index (κ2) is 7.06. The molecule has 7 nitrogen and oxygen atoms in total. The van der Waals surface area contributed by atoms with Crippen LogP contribution in [0.5, 0.6) is 5.75 Å². The van der Waals surface area contributed by atoms with Crippen molar-refractivity contribution >= 4 is 32.7 Å². The number of nitrogens with zero attached hydrogens (tertiary/aromatic N) is 3. The quantitative estimate of drug-likeness (QED) is 0.775. The zero-order valence-corrected chi connectivity index (χ0v) is 15.2. The van der Waals surface area contributed by atoms with Crippen LogP contribution in [0.2, 0.25) is 0 Å². The number of ether oxygens (including phenoxy) is 1. The Kier molecular flexibility index (Phi) is 5.01. The molecule has 2 atom stereocenters. The van der Waals surface area contributed by atoms with Gasteiger partial charge in [0.05, 0.1) is 30.7 Å². The van der Waals surface area contributed by atoms with Crippen LogP contribution in [-0.4, -0.2) is 54.3 Å². The van der Waals surface area contributed by atoms with E-state index in [0.29, 0.717) is 11.7 Å². The number of hydrogen-bond acceptors (Lipinski definition) is 6. The molecule has 2 fully saturated rings. The molecule has 2 saturated heterocycles. The first-order valence-corrected chi connectivity index (χ1v) is 10.4. The highest BCUT2D eigenvalue weighted by atomic mass is 32.2. The van der Waals surface area contributed by atoms with Crippen LogP contribution in [0, 0.1) is 11.3 Å². The van der Waals surface area contributed by atoms with Crippen LogP contribution in [0.3, 0.4) is 0 Å². The number of aliphatic imine (C=N–C) groups is 1. The van der Waals surface area contributed by atoms with Crippen LogP contribution in [0.1, 0.15) is 12.0 Å². The minimum Gasteiger partial charge on any atom is -0.497 e. The van der Waals surface area contributed by atoms with E-state index in [1.54, 1.807) is 13.2 Å². The fourth-order valence-electron chi connectivity index (χ4n) is 2.96. The Balaban J connectivity index is 1.86. The summed E-state index contributed by atoms with van der Waals surface area (Å²) in [5.41, 5.74) is 0.965. The van der Waals surface area contributed by atoms with E-state index in [9.17, 15) is 13.2 Å². The fraction of sp³-hybridized carbons (Fsp3) is 0.438. The molecule has 2 aliphatic rings. The lowest BCUT2D eigenvalue weighted by atomic mass is 10.1. The van der Waals surface area contributed by atoms with Gasteiger partial charge in [-0.05, 0) is 17.7 Å². The molecular formula is C16H17N3O4S2. The third-order valence-corrected chi connectivity index (χ3v) is 7.39. The van der Waals surface area contributed by atoms with Crippen molar-refractivity contribution in [3.63, 3.8) is 0 Å². The summed E-state index contributed by atoms with van der Waals surface area (Å²) in [6.07, 6.45) is -0.284. The second-order valence-electron chi connectivity index (χ2n) is 5.90. The van der Waals surface area contributed by atoms with Gasteiger partial charge in [-0.2, -0.15) is 10.3 Å². The lowest BCUT2D eigenvalue weighted by Crippen LogP contribution is -2.37. The summed E-state index contributed by atoms with van der Waals surface area (Å²) in [5, 5.41) is 9.01. The van der Waals surface area contributed by atoms with Crippen molar-refractivity contribution in [2.75, 3.05) is 18.6 Å². The summed E-state index contributed by atoms with van der Waals surface area (Å²) < 4.78 is 29.0. The number of carbonyl (C=O) groups excluding carboxylic acids is 1. The van der Waals surface area contributed by atoms with E-state index in [1.807, 2.05) is 29.2 Å². The summed E-state index contributed by atoms with van der Waals surface area (Å²) in [6, 6.07) is 9.05. The maximum absolute atomic E-state index is 12.0. The van der Waals surface area contributed by atoms with E-state index in [2.05, 4.69) is 4.99 Å². The number of hydrogen-bond donors (Lipinski definition) is 0. The molecule has 1 amide bonds. The lowest BCUT2D eigenvalue weighted by molar-refractivity contribution is -0.116. The number of sulfone groups is 1. The van der Waals surface area contributed by atoms with E-state index in [4.69, 9.17) is 10.00 Å². The van der Waals surface area contributed by atoms with Gasteiger partial charge in [-0.15, -0.1) is 0 Å². The van der Waals surface area contributed by atoms with Crippen molar-refractivity contribution < 1.29 is 17.9 Å². The number of carbonyl (C=O) groups is 1. The minimum absolute atomic E-state index is 0.0618. The zero-order valence-electron chi connectivity index (χ0n) is 13.6. The maximum atomic E-state index is 12.0. The average molecular weight is 379 g/mol. The monoisotopic (exact) mass is 379 g/mol. The molecule has 25 heavy (non-hydrogen) atoms. The largest absolute Gasteiger partial charge is 0.497 e. The van der Waals surface area contributed by atoms with Crippen molar-refractivity contribution in [2.24, 2.45) is 4.99 Å². The number of amides is 1. The Bertz CT molecular complexity index is 843. The van der Waals surface area contributed by atoms with Crippen molar-refractivity contribution in [3.05, 3.63) is 29.8 Å². The number of thioether (sulfide) groups is 1. The van der Waals surface area contributed by atoms with Gasteiger partial charge < -0.3 is 9.64 Å². The highest BCUT2D eigenvalue weighted by Crippen LogP contribution is 2.39. The Labute approximate surface area is 150 Å². The average Bonchev–Trinajstić information content (AvgIpc) is 3.01. The Morgan fingerprint density at radius 3 is 2.76 bits per heavy atom. The third kappa shape index (κ3) is 3.96. The van der Waals surface area contributed by atoms with Gasteiger partial charge in [0.15, 0.2) is 15.0 Å². The van der Waals surface area contributed by atoms with E-state index in [1.165, 1.54) is 11.8 Å². The molecule has 0 aliphatic carbocycles. The van der Waals surface area contributed by atoms with Crippen LogP contribution in [0.4, 0.5) is 0 Å². The van der Waals surface area contributed by atoms with Crippen LogP contribution < -0.4 is 4.74 Å². The van der Waals surface area contributed by atoms with E-state index >= 15 is 0 Å². The van der Waals surface area contributed by atoms with Gasteiger partial charge in [0, 0.05) is 11.8 Å². The van der Waals surface area contributed by atoms with Gasteiger partial charge in [-0.25, -0.2) is 8.42 Å². The summed E-state index contributed by atoms with van der Waals surface area (Å²) in [6.45, 7) is 0.451. The third-order valence-electron chi connectivity index (χ3n) is 4.14. The molecule has 132 valence electrons. The predicted molar refractivity (Wildman–Crippen MR) is 95.0 cm³/mol. The minimum atomic E-state index is -3.08. The SMILES string of the molecule is COc1ccc(CN2C(=NC(=O)CC#N)S[C@@H]3CS(=O)(=O)C[C@H]32)cc1. The smallest absolute Gasteiger partial charge is 0.262 e. The summed E-state index contributed by atoms with van der Waals surface area (Å²) in [5.74, 6) is 0.380.